The van der Waals surface area contributed by atoms with Crippen molar-refractivity contribution in [3.63, 3.8) is 0 Å². The first-order chi connectivity index (χ1) is 16.4. The largest absolute Gasteiger partial charge is 0.494 e. The van der Waals surface area contributed by atoms with Crippen LogP contribution < -0.4 is 14.9 Å². The van der Waals surface area contributed by atoms with Gasteiger partial charge in [-0.05, 0) is 82.5 Å². The van der Waals surface area contributed by atoms with Gasteiger partial charge in [0.1, 0.15) is 17.9 Å². The zero-order chi connectivity index (χ0) is 24.1. The van der Waals surface area contributed by atoms with Crippen LogP contribution in [0.4, 0.5) is 0 Å². The summed E-state index contributed by atoms with van der Waals surface area (Å²) in [4.78, 5) is 12.4. The molecule has 0 spiro atoms. The second-order valence-corrected chi connectivity index (χ2v) is 9.35. The summed E-state index contributed by atoms with van der Waals surface area (Å²) in [5.74, 6) is 0.925. The highest BCUT2D eigenvalue weighted by Gasteiger charge is 2.13. The average Bonchev–Trinajstić information content (AvgIpc) is 3.23. The standard InChI is InChI=1S/C25H19Br2ClN2O4/c1-2-32-19-7-8-22-17(11-19)12-23(34-22)25(31)30-29-13-16-9-20(27)24(21(28)10-16)33-14-15-3-5-18(26)6-4-15/h3-13H,2,14H2,1H3,(H,30,31)/b29-13+. The highest BCUT2D eigenvalue weighted by Crippen LogP contribution is 2.35. The maximum Gasteiger partial charge on any atom is 0.307 e. The summed E-state index contributed by atoms with van der Waals surface area (Å²) in [6.07, 6.45) is 1.49. The second kappa shape index (κ2) is 11.1. The van der Waals surface area contributed by atoms with Gasteiger partial charge in [0.15, 0.2) is 11.5 Å². The number of amides is 1. The minimum Gasteiger partial charge on any atom is -0.494 e. The summed E-state index contributed by atoms with van der Waals surface area (Å²) < 4.78 is 18.6. The van der Waals surface area contributed by atoms with E-state index in [1.807, 2.05) is 37.3 Å². The van der Waals surface area contributed by atoms with Crippen LogP contribution in [0.2, 0.25) is 5.02 Å². The Morgan fingerprint density at radius 2 is 1.88 bits per heavy atom. The van der Waals surface area contributed by atoms with E-state index in [9.17, 15) is 4.79 Å². The summed E-state index contributed by atoms with van der Waals surface area (Å²) in [6, 6.07) is 18.4. The number of rotatable bonds is 8. The molecule has 1 amide bonds. The monoisotopic (exact) mass is 604 g/mol. The Hall–Kier alpha value is -2.81. The number of carbonyl (C=O) groups excluding carboxylic acids is 1. The predicted molar refractivity (Wildman–Crippen MR) is 140 cm³/mol. The zero-order valence-corrected chi connectivity index (χ0v) is 21.9. The van der Waals surface area contributed by atoms with Gasteiger partial charge in [0.25, 0.3) is 0 Å². The molecule has 1 N–H and O–H groups in total. The number of carbonyl (C=O) groups is 1. The lowest BCUT2D eigenvalue weighted by atomic mass is 10.2. The Balaban J connectivity index is 1.39. The minimum absolute atomic E-state index is 0.150. The molecular weight excluding hydrogens is 588 g/mol. The van der Waals surface area contributed by atoms with Crippen molar-refractivity contribution in [2.24, 2.45) is 5.10 Å². The van der Waals surface area contributed by atoms with E-state index >= 15 is 0 Å². The topological polar surface area (TPSA) is 73.1 Å². The van der Waals surface area contributed by atoms with Crippen molar-refractivity contribution >= 4 is 66.6 Å². The van der Waals surface area contributed by atoms with E-state index in [1.54, 1.807) is 30.3 Å². The van der Waals surface area contributed by atoms with Gasteiger partial charge in [0.2, 0.25) is 0 Å². The Morgan fingerprint density at radius 3 is 2.62 bits per heavy atom. The van der Waals surface area contributed by atoms with Gasteiger partial charge >= 0.3 is 5.91 Å². The smallest absolute Gasteiger partial charge is 0.307 e. The maximum atomic E-state index is 12.4. The van der Waals surface area contributed by atoms with Crippen molar-refractivity contribution < 1.29 is 18.7 Å². The third kappa shape index (κ3) is 6.00. The van der Waals surface area contributed by atoms with Crippen molar-refractivity contribution in [1.82, 2.24) is 5.43 Å². The molecule has 0 saturated carbocycles. The normalized spacial score (nSPS) is 11.2. The number of nitrogens with one attached hydrogen (secondary N) is 1. The number of furan rings is 1. The van der Waals surface area contributed by atoms with E-state index in [0.717, 1.165) is 15.4 Å². The molecule has 0 aliphatic rings. The van der Waals surface area contributed by atoms with Gasteiger partial charge in [-0.15, -0.1) is 0 Å². The van der Waals surface area contributed by atoms with Gasteiger partial charge in [-0.25, -0.2) is 5.43 Å². The zero-order valence-electron chi connectivity index (χ0n) is 18.0. The van der Waals surface area contributed by atoms with Crippen LogP contribution in [-0.2, 0) is 6.61 Å². The number of benzene rings is 3. The summed E-state index contributed by atoms with van der Waals surface area (Å²) >= 11 is 13.3. The fourth-order valence-electron chi connectivity index (χ4n) is 3.14. The van der Waals surface area contributed by atoms with E-state index < -0.39 is 5.91 Å². The van der Waals surface area contributed by atoms with Crippen molar-refractivity contribution in [1.29, 1.82) is 0 Å². The molecule has 1 heterocycles. The van der Waals surface area contributed by atoms with Crippen LogP contribution in [0.3, 0.4) is 0 Å². The molecule has 0 aliphatic carbocycles. The molecule has 0 radical (unpaired) electrons. The van der Waals surface area contributed by atoms with Crippen LogP contribution in [0, 0.1) is 0 Å². The molecule has 0 fully saturated rings. The minimum atomic E-state index is -0.468. The third-order valence-electron chi connectivity index (χ3n) is 4.72. The van der Waals surface area contributed by atoms with Crippen molar-refractivity contribution in [3.05, 3.63) is 91.5 Å². The molecular formula is C25H19Br2ClN2O4. The van der Waals surface area contributed by atoms with Crippen LogP contribution in [0.25, 0.3) is 11.0 Å². The average molecular weight is 607 g/mol. The quantitative estimate of drug-likeness (QED) is 0.168. The third-order valence-corrected chi connectivity index (χ3v) is 6.12. The fourth-order valence-corrected chi connectivity index (χ4v) is 4.39. The first kappa shape index (κ1) is 24.3. The van der Waals surface area contributed by atoms with Crippen LogP contribution in [0.15, 0.2) is 79.1 Å². The summed E-state index contributed by atoms with van der Waals surface area (Å²) in [6.45, 7) is 2.84. The van der Waals surface area contributed by atoms with Crippen molar-refractivity contribution in [2.75, 3.05) is 6.61 Å². The first-order valence-electron chi connectivity index (χ1n) is 10.3. The lowest BCUT2D eigenvalue weighted by Gasteiger charge is -2.11. The fraction of sp³-hybridized carbons (Fsp3) is 0.120. The molecule has 0 bridgehead atoms. The van der Waals surface area contributed by atoms with E-state index in [-0.39, 0.29) is 5.76 Å². The number of halogens is 3. The number of hydrogen-bond acceptors (Lipinski definition) is 5. The number of fused-ring (bicyclic) bond motifs is 1. The molecule has 174 valence electrons. The number of nitrogens with zero attached hydrogens (tertiary/aromatic N) is 1. The van der Waals surface area contributed by atoms with Gasteiger partial charge in [-0.3, -0.25) is 4.79 Å². The molecule has 3 aromatic carbocycles. The van der Waals surface area contributed by atoms with E-state index in [4.69, 9.17) is 25.5 Å². The molecule has 9 heteroatoms. The van der Waals surface area contributed by atoms with Crippen LogP contribution >= 0.6 is 43.5 Å². The molecule has 4 rings (SSSR count). The van der Waals surface area contributed by atoms with Crippen LogP contribution in [0.1, 0.15) is 28.6 Å². The van der Waals surface area contributed by atoms with Crippen LogP contribution in [-0.4, -0.2) is 18.7 Å². The van der Waals surface area contributed by atoms with E-state index in [2.05, 4.69) is 42.4 Å². The summed E-state index contributed by atoms with van der Waals surface area (Å²) in [5.41, 5.74) is 4.75. The summed E-state index contributed by atoms with van der Waals surface area (Å²) in [7, 11) is 0. The van der Waals surface area contributed by atoms with Crippen molar-refractivity contribution in [2.45, 2.75) is 13.5 Å². The predicted octanol–water partition coefficient (Wildman–Crippen LogP) is 7.35. The van der Waals surface area contributed by atoms with Crippen molar-refractivity contribution in [3.8, 4) is 11.5 Å². The number of ether oxygens (including phenoxy) is 2. The van der Waals surface area contributed by atoms with E-state index in [0.29, 0.717) is 45.4 Å². The van der Waals surface area contributed by atoms with Gasteiger partial charge < -0.3 is 13.9 Å². The molecule has 0 aliphatic heterocycles. The van der Waals surface area contributed by atoms with E-state index in [1.165, 1.54) is 6.21 Å². The lowest BCUT2D eigenvalue weighted by molar-refractivity contribution is 0.0929. The Bertz CT molecular complexity index is 1330. The highest BCUT2D eigenvalue weighted by molar-refractivity contribution is 9.10. The highest BCUT2D eigenvalue weighted by atomic mass is 79.9. The van der Waals surface area contributed by atoms with Gasteiger partial charge in [-0.1, -0.05) is 39.7 Å². The van der Waals surface area contributed by atoms with Gasteiger partial charge in [0.05, 0.1) is 22.3 Å². The maximum absolute atomic E-state index is 12.4. The molecule has 4 aromatic rings. The molecule has 0 unspecified atom stereocenters. The van der Waals surface area contributed by atoms with Gasteiger partial charge in [-0.2, -0.15) is 5.10 Å². The Morgan fingerprint density at radius 1 is 1.09 bits per heavy atom. The Kier molecular flexibility index (Phi) is 7.92. The Labute approximate surface area is 218 Å². The number of hydrogen-bond donors (Lipinski definition) is 1. The molecule has 0 saturated heterocycles. The SMILES string of the molecule is CCOc1ccc2oc(C(=O)N/N=C/c3cc(Cl)c(OCc4ccc(Br)cc4)c(Br)c3)cc2c1. The molecule has 1 aromatic heterocycles. The first-order valence-corrected chi connectivity index (χ1v) is 12.3. The lowest BCUT2D eigenvalue weighted by Crippen LogP contribution is -2.16. The van der Waals surface area contributed by atoms with Crippen LogP contribution in [0.5, 0.6) is 11.5 Å². The summed E-state index contributed by atoms with van der Waals surface area (Å²) in [5, 5.41) is 5.21. The molecule has 34 heavy (non-hydrogen) atoms. The second-order valence-electron chi connectivity index (χ2n) is 7.17. The molecule has 6 nitrogen and oxygen atoms in total. The molecule has 0 atom stereocenters. The number of hydrazone groups is 1. The van der Waals surface area contributed by atoms with Gasteiger partial charge in [0, 0.05) is 9.86 Å².